The van der Waals surface area contributed by atoms with Gasteiger partial charge in [0.1, 0.15) is 10.3 Å². The number of aliphatic hydroxyl groups is 1. The number of nitrogens with zero attached hydrogens (tertiary/aromatic N) is 2. The third-order valence-corrected chi connectivity index (χ3v) is 3.15. The summed E-state index contributed by atoms with van der Waals surface area (Å²) >= 11 is 11.7. The van der Waals surface area contributed by atoms with Gasteiger partial charge in [-0.25, -0.2) is 4.98 Å². The summed E-state index contributed by atoms with van der Waals surface area (Å²) in [6.45, 7) is 0.922. The Morgan fingerprint density at radius 2 is 2.11 bits per heavy atom. The lowest BCUT2D eigenvalue weighted by Gasteiger charge is -2.12. The second-order valence-corrected chi connectivity index (χ2v) is 4.76. The fourth-order valence-electron chi connectivity index (χ4n) is 1.61. The number of pyridine rings is 2. The highest BCUT2D eigenvalue weighted by Crippen LogP contribution is 2.16. The van der Waals surface area contributed by atoms with Gasteiger partial charge in [-0.2, -0.15) is 0 Å². The van der Waals surface area contributed by atoms with E-state index in [0.29, 0.717) is 23.4 Å². The Balaban J connectivity index is 1.86. The van der Waals surface area contributed by atoms with Crippen molar-refractivity contribution >= 4 is 23.2 Å². The van der Waals surface area contributed by atoms with Crippen LogP contribution in [0.1, 0.15) is 17.2 Å². The molecule has 2 rings (SSSR count). The van der Waals surface area contributed by atoms with Gasteiger partial charge in [-0.1, -0.05) is 35.3 Å². The molecule has 19 heavy (non-hydrogen) atoms. The van der Waals surface area contributed by atoms with E-state index in [9.17, 15) is 5.11 Å². The highest BCUT2D eigenvalue weighted by atomic mass is 35.5. The molecule has 0 aromatic carbocycles. The lowest BCUT2D eigenvalue weighted by molar-refractivity contribution is 0.174. The first kappa shape index (κ1) is 14.2. The van der Waals surface area contributed by atoms with Gasteiger partial charge in [0.2, 0.25) is 0 Å². The molecule has 0 aliphatic rings. The van der Waals surface area contributed by atoms with Gasteiger partial charge in [0.05, 0.1) is 6.10 Å². The number of aromatic nitrogens is 2. The zero-order valence-corrected chi connectivity index (χ0v) is 11.6. The summed E-state index contributed by atoms with van der Waals surface area (Å²) in [5.74, 6) is 0. The van der Waals surface area contributed by atoms with Crippen molar-refractivity contribution in [3.8, 4) is 0 Å². The molecule has 2 aromatic rings. The molecule has 100 valence electrons. The first-order chi connectivity index (χ1) is 9.16. The highest BCUT2D eigenvalue weighted by molar-refractivity contribution is 6.32. The monoisotopic (exact) mass is 297 g/mol. The van der Waals surface area contributed by atoms with Gasteiger partial charge in [-0.05, 0) is 12.1 Å². The Morgan fingerprint density at radius 1 is 1.26 bits per heavy atom. The standard InChI is InChI=1S/C13H13Cl2N3O/c14-12-4-3-10(13(15)18-12)7-17-8-11(19)9-2-1-5-16-6-9/h1-6,11,17,19H,7-8H2. The van der Waals surface area contributed by atoms with Gasteiger partial charge < -0.3 is 10.4 Å². The van der Waals surface area contributed by atoms with E-state index in [4.69, 9.17) is 23.2 Å². The van der Waals surface area contributed by atoms with Gasteiger partial charge in [0, 0.05) is 36.6 Å². The molecule has 0 radical (unpaired) electrons. The van der Waals surface area contributed by atoms with Gasteiger partial charge in [0.25, 0.3) is 0 Å². The fraction of sp³-hybridized carbons (Fsp3) is 0.231. The first-order valence-electron chi connectivity index (χ1n) is 5.76. The van der Waals surface area contributed by atoms with Crippen molar-refractivity contribution in [2.75, 3.05) is 6.54 Å². The average Bonchev–Trinajstić information content (AvgIpc) is 2.42. The third kappa shape index (κ3) is 4.14. The lowest BCUT2D eigenvalue weighted by Crippen LogP contribution is -2.21. The lowest BCUT2D eigenvalue weighted by atomic mass is 10.1. The minimum absolute atomic E-state index is 0.365. The summed E-state index contributed by atoms with van der Waals surface area (Å²) in [6.07, 6.45) is 2.71. The highest BCUT2D eigenvalue weighted by Gasteiger charge is 2.08. The Morgan fingerprint density at radius 3 is 2.79 bits per heavy atom. The maximum atomic E-state index is 9.94. The van der Waals surface area contributed by atoms with Crippen LogP contribution in [0.25, 0.3) is 0 Å². The molecule has 0 aliphatic heterocycles. The normalized spacial score (nSPS) is 12.4. The second kappa shape index (κ2) is 6.82. The van der Waals surface area contributed by atoms with E-state index in [1.165, 1.54) is 0 Å². The van der Waals surface area contributed by atoms with Gasteiger partial charge in [-0.3, -0.25) is 4.98 Å². The van der Waals surface area contributed by atoms with E-state index < -0.39 is 6.10 Å². The van der Waals surface area contributed by atoms with E-state index >= 15 is 0 Å². The van der Waals surface area contributed by atoms with E-state index in [2.05, 4.69) is 15.3 Å². The van der Waals surface area contributed by atoms with Gasteiger partial charge in [0.15, 0.2) is 0 Å². The van der Waals surface area contributed by atoms with Crippen LogP contribution >= 0.6 is 23.2 Å². The van der Waals surface area contributed by atoms with Crippen molar-refractivity contribution in [2.45, 2.75) is 12.6 Å². The molecule has 0 amide bonds. The number of hydrogen-bond donors (Lipinski definition) is 2. The van der Waals surface area contributed by atoms with E-state index in [1.807, 2.05) is 6.07 Å². The molecule has 1 unspecified atom stereocenters. The molecule has 2 aromatic heterocycles. The molecule has 4 nitrogen and oxygen atoms in total. The van der Waals surface area contributed by atoms with Crippen molar-refractivity contribution in [1.29, 1.82) is 0 Å². The number of aliphatic hydroxyl groups excluding tert-OH is 1. The molecule has 0 aliphatic carbocycles. The Bertz CT molecular complexity index is 537. The molecular formula is C13H13Cl2N3O. The molecular weight excluding hydrogens is 285 g/mol. The molecule has 2 N–H and O–H groups in total. The quantitative estimate of drug-likeness (QED) is 0.833. The summed E-state index contributed by atoms with van der Waals surface area (Å²) < 4.78 is 0. The summed E-state index contributed by atoms with van der Waals surface area (Å²) in [6, 6.07) is 7.11. The van der Waals surface area contributed by atoms with Crippen LogP contribution in [-0.2, 0) is 6.54 Å². The summed E-state index contributed by atoms with van der Waals surface area (Å²) in [5, 5.41) is 13.8. The number of nitrogens with one attached hydrogen (secondary N) is 1. The average molecular weight is 298 g/mol. The summed E-state index contributed by atoms with van der Waals surface area (Å²) in [7, 11) is 0. The Hall–Kier alpha value is -1.20. The van der Waals surface area contributed by atoms with Crippen LogP contribution in [0.3, 0.4) is 0 Å². The molecule has 2 heterocycles. The van der Waals surface area contributed by atoms with Crippen molar-refractivity contribution in [3.05, 3.63) is 58.1 Å². The molecule has 0 saturated carbocycles. The zero-order valence-electron chi connectivity index (χ0n) is 10.1. The molecule has 0 bridgehead atoms. The van der Waals surface area contributed by atoms with Crippen molar-refractivity contribution < 1.29 is 5.11 Å². The van der Waals surface area contributed by atoms with Crippen LogP contribution in [0, 0.1) is 0 Å². The fourth-order valence-corrected chi connectivity index (χ4v) is 2.02. The Kier molecular flexibility index (Phi) is 5.10. The maximum Gasteiger partial charge on any atom is 0.135 e. The van der Waals surface area contributed by atoms with Crippen molar-refractivity contribution in [1.82, 2.24) is 15.3 Å². The van der Waals surface area contributed by atoms with Crippen LogP contribution in [0.15, 0.2) is 36.7 Å². The molecule has 0 fully saturated rings. The van der Waals surface area contributed by atoms with Crippen LogP contribution in [-0.4, -0.2) is 21.6 Å². The second-order valence-electron chi connectivity index (χ2n) is 4.02. The Labute approximate surface area is 121 Å². The topological polar surface area (TPSA) is 58.0 Å². The molecule has 1 atom stereocenters. The molecule has 0 saturated heterocycles. The van der Waals surface area contributed by atoms with E-state index in [-0.39, 0.29) is 0 Å². The minimum atomic E-state index is -0.604. The van der Waals surface area contributed by atoms with Crippen molar-refractivity contribution in [2.24, 2.45) is 0 Å². The predicted octanol–water partition coefficient (Wildman–Crippen LogP) is 2.61. The minimum Gasteiger partial charge on any atom is -0.387 e. The first-order valence-corrected chi connectivity index (χ1v) is 6.52. The van der Waals surface area contributed by atoms with Crippen LogP contribution in [0.4, 0.5) is 0 Å². The van der Waals surface area contributed by atoms with Gasteiger partial charge in [-0.15, -0.1) is 0 Å². The summed E-state index contributed by atoms with van der Waals surface area (Å²) in [4.78, 5) is 7.91. The number of halogens is 2. The molecule has 6 heteroatoms. The smallest absolute Gasteiger partial charge is 0.135 e. The molecule has 0 spiro atoms. The number of rotatable bonds is 5. The third-order valence-electron chi connectivity index (χ3n) is 2.61. The van der Waals surface area contributed by atoms with E-state index in [0.717, 1.165) is 11.1 Å². The SMILES string of the molecule is OC(CNCc1ccc(Cl)nc1Cl)c1cccnc1. The van der Waals surface area contributed by atoms with Gasteiger partial charge >= 0.3 is 0 Å². The van der Waals surface area contributed by atoms with Crippen LogP contribution in [0.2, 0.25) is 10.3 Å². The zero-order chi connectivity index (χ0) is 13.7. The predicted molar refractivity (Wildman–Crippen MR) is 75.2 cm³/mol. The van der Waals surface area contributed by atoms with Crippen molar-refractivity contribution in [3.63, 3.8) is 0 Å². The maximum absolute atomic E-state index is 9.94. The van der Waals surface area contributed by atoms with Crippen LogP contribution < -0.4 is 5.32 Å². The van der Waals surface area contributed by atoms with E-state index in [1.54, 1.807) is 30.6 Å². The summed E-state index contributed by atoms with van der Waals surface area (Å²) in [5.41, 5.74) is 1.61. The van der Waals surface area contributed by atoms with Crippen LogP contribution in [0.5, 0.6) is 0 Å². The number of hydrogen-bond acceptors (Lipinski definition) is 4. The largest absolute Gasteiger partial charge is 0.387 e.